The molecule has 5 nitrogen and oxygen atoms in total. The van der Waals surface area contributed by atoms with Crippen LogP contribution in [0.25, 0.3) is 10.9 Å². The highest BCUT2D eigenvalue weighted by Crippen LogP contribution is 2.38. The highest BCUT2D eigenvalue weighted by Gasteiger charge is 2.36. The molecule has 1 aliphatic heterocycles. The summed E-state index contributed by atoms with van der Waals surface area (Å²) in [6.45, 7) is 0.697. The lowest BCUT2D eigenvalue weighted by Crippen LogP contribution is -2.42. The molecular formula is C18H20N2O3. The van der Waals surface area contributed by atoms with E-state index in [1.54, 1.807) is 0 Å². The number of aromatic nitrogens is 1. The number of hydrogen-bond acceptors (Lipinski definition) is 3. The van der Waals surface area contributed by atoms with Gasteiger partial charge in [0.05, 0.1) is 11.7 Å². The van der Waals surface area contributed by atoms with Crippen molar-refractivity contribution in [3.05, 3.63) is 46.2 Å². The number of aromatic amines is 1. The molecule has 0 bridgehead atoms. The minimum Gasteiger partial charge on any atom is -0.378 e. The van der Waals surface area contributed by atoms with Gasteiger partial charge in [-0.3, -0.25) is 9.59 Å². The average Bonchev–Trinajstić information content (AvgIpc) is 3.39. The van der Waals surface area contributed by atoms with E-state index in [-0.39, 0.29) is 23.6 Å². The van der Waals surface area contributed by atoms with Gasteiger partial charge in [-0.15, -0.1) is 0 Å². The van der Waals surface area contributed by atoms with Crippen molar-refractivity contribution in [2.75, 3.05) is 6.61 Å². The molecule has 23 heavy (non-hydrogen) atoms. The van der Waals surface area contributed by atoms with Gasteiger partial charge >= 0.3 is 0 Å². The Hall–Kier alpha value is -2.14. The zero-order valence-corrected chi connectivity index (χ0v) is 12.9. The third kappa shape index (κ3) is 3.01. The van der Waals surface area contributed by atoms with Gasteiger partial charge in [0.1, 0.15) is 0 Å². The molecule has 1 amide bonds. The molecule has 2 aromatic rings. The number of H-pyrrole nitrogens is 1. The van der Waals surface area contributed by atoms with Crippen molar-refractivity contribution in [1.29, 1.82) is 0 Å². The summed E-state index contributed by atoms with van der Waals surface area (Å²) in [5.41, 5.74) is 0.878. The predicted molar refractivity (Wildman–Crippen MR) is 87.5 cm³/mol. The first-order chi connectivity index (χ1) is 11.2. The summed E-state index contributed by atoms with van der Waals surface area (Å²) in [6, 6.07) is 8.89. The maximum atomic E-state index is 12.7. The number of carbonyl (C=O) groups is 1. The number of fused-ring (bicyclic) bond motifs is 1. The first-order valence-corrected chi connectivity index (χ1v) is 8.25. The predicted octanol–water partition coefficient (Wildman–Crippen LogP) is 2.22. The van der Waals surface area contributed by atoms with Crippen molar-refractivity contribution in [2.24, 2.45) is 5.92 Å². The van der Waals surface area contributed by atoms with Crippen molar-refractivity contribution in [3.63, 3.8) is 0 Å². The van der Waals surface area contributed by atoms with Crippen LogP contribution < -0.4 is 10.9 Å². The number of hydrogen-bond donors (Lipinski definition) is 2. The fourth-order valence-corrected chi connectivity index (χ4v) is 3.41. The molecule has 5 heteroatoms. The summed E-state index contributed by atoms with van der Waals surface area (Å²) in [7, 11) is 0. The molecule has 0 unspecified atom stereocenters. The summed E-state index contributed by atoms with van der Waals surface area (Å²) in [4.78, 5) is 27.2. The van der Waals surface area contributed by atoms with Crippen LogP contribution in [0.2, 0.25) is 0 Å². The highest BCUT2D eigenvalue weighted by atomic mass is 16.5. The smallest absolute Gasteiger partial charge is 0.252 e. The number of nitrogens with one attached hydrogen (secondary N) is 2. The van der Waals surface area contributed by atoms with Crippen LogP contribution in [0.4, 0.5) is 0 Å². The lowest BCUT2D eigenvalue weighted by molar-refractivity contribution is -0.0102. The Kier molecular flexibility index (Phi) is 3.65. The van der Waals surface area contributed by atoms with Crippen molar-refractivity contribution < 1.29 is 9.53 Å². The van der Waals surface area contributed by atoms with E-state index in [9.17, 15) is 9.59 Å². The number of carbonyl (C=O) groups excluding carboxylic acids is 1. The Balaban J connectivity index is 1.56. The van der Waals surface area contributed by atoms with Gasteiger partial charge in [0.25, 0.3) is 5.91 Å². The molecule has 2 heterocycles. The van der Waals surface area contributed by atoms with Gasteiger partial charge in [-0.25, -0.2) is 0 Å². The topological polar surface area (TPSA) is 71.2 Å². The second-order valence-electron chi connectivity index (χ2n) is 6.53. The van der Waals surface area contributed by atoms with Gasteiger partial charge in [0.2, 0.25) is 5.56 Å². The van der Waals surface area contributed by atoms with E-state index in [0.29, 0.717) is 23.6 Å². The zero-order chi connectivity index (χ0) is 15.8. The number of pyridine rings is 1. The van der Waals surface area contributed by atoms with E-state index in [1.165, 1.54) is 18.9 Å². The van der Waals surface area contributed by atoms with Gasteiger partial charge in [0, 0.05) is 29.6 Å². The Morgan fingerprint density at radius 1 is 1.22 bits per heavy atom. The number of para-hydroxylation sites is 1. The van der Waals surface area contributed by atoms with Crippen molar-refractivity contribution >= 4 is 16.8 Å². The summed E-state index contributed by atoms with van der Waals surface area (Å²) in [5.74, 6) is 0.504. The van der Waals surface area contributed by atoms with Crippen LogP contribution in [0.5, 0.6) is 0 Å². The molecule has 1 saturated carbocycles. The van der Waals surface area contributed by atoms with Crippen LogP contribution in [0.1, 0.15) is 36.0 Å². The first kappa shape index (κ1) is 14.5. The number of rotatable bonds is 3. The Morgan fingerprint density at radius 2 is 2.04 bits per heavy atom. The summed E-state index contributed by atoms with van der Waals surface area (Å²) in [5, 5.41) is 3.87. The molecule has 1 aromatic carbocycles. The van der Waals surface area contributed by atoms with Gasteiger partial charge in [-0.2, -0.15) is 0 Å². The normalized spacial score (nSPS) is 24.5. The van der Waals surface area contributed by atoms with Gasteiger partial charge in [-0.1, -0.05) is 18.2 Å². The van der Waals surface area contributed by atoms with Gasteiger partial charge in [0.15, 0.2) is 0 Å². The zero-order valence-electron chi connectivity index (χ0n) is 12.9. The Bertz CT molecular complexity index is 794. The first-order valence-electron chi connectivity index (χ1n) is 8.25. The maximum Gasteiger partial charge on any atom is 0.252 e. The molecule has 0 radical (unpaired) electrons. The molecule has 1 saturated heterocycles. The van der Waals surface area contributed by atoms with Crippen LogP contribution in [0.3, 0.4) is 0 Å². The van der Waals surface area contributed by atoms with E-state index in [4.69, 9.17) is 4.74 Å². The van der Waals surface area contributed by atoms with Crippen molar-refractivity contribution in [2.45, 2.75) is 37.8 Å². The molecule has 2 N–H and O–H groups in total. The van der Waals surface area contributed by atoms with E-state index in [0.717, 1.165) is 18.2 Å². The largest absolute Gasteiger partial charge is 0.378 e. The number of amides is 1. The molecule has 2 aliphatic rings. The van der Waals surface area contributed by atoms with E-state index >= 15 is 0 Å². The molecular weight excluding hydrogens is 292 g/mol. The van der Waals surface area contributed by atoms with E-state index in [2.05, 4.69) is 10.3 Å². The van der Waals surface area contributed by atoms with Crippen LogP contribution in [0, 0.1) is 5.92 Å². The minimum absolute atomic E-state index is 0.125. The van der Waals surface area contributed by atoms with Gasteiger partial charge in [-0.05, 0) is 37.7 Å². The molecule has 4 rings (SSSR count). The van der Waals surface area contributed by atoms with Crippen LogP contribution in [-0.4, -0.2) is 29.6 Å². The molecule has 1 aromatic heterocycles. The standard InChI is InChI=1S/C18H20N2O3/c21-17-10-14(13-3-1-2-4-15(13)20-17)18(22)19-12-7-8-23-16(9-12)11-5-6-11/h1-4,10-12,16H,5-9H2,(H,19,22)(H,20,21)/t12-,16-/m1/s1. The summed E-state index contributed by atoms with van der Waals surface area (Å²) < 4.78 is 5.80. The maximum absolute atomic E-state index is 12.7. The number of benzene rings is 1. The van der Waals surface area contributed by atoms with Crippen molar-refractivity contribution in [3.8, 4) is 0 Å². The van der Waals surface area contributed by atoms with Crippen LogP contribution in [-0.2, 0) is 4.74 Å². The van der Waals surface area contributed by atoms with Crippen molar-refractivity contribution in [1.82, 2.24) is 10.3 Å². The third-order valence-electron chi connectivity index (χ3n) is 4.79. The molecule has 0 spiro atoms. The Labute approximate surface area is 134 Å². The van der Waals surface area contributed by atoms with Crippen LogP contribution >= 0.6 is 0 Å². The monoisotopic (exact) mass is 312 g/mol. The fourth-order valence-electron chi connectivity index (χ4n) is 3.41. The SMILES string of the molecule is O=C(N[C@@H]1CCO[C@@H](C2CC2)C1)c1cc(=O)[nH]c2ccccc12. The fraction of sp³-hybridized carbons (Fsp3) is 0.444. The molecule has 120 valence electrons. The highest BCUT2D eigenvalue weighted by molar-refractivity contribution is 6.06. The summed E-state index contributed by atoms with van der Waals surface area (Å²) >= 11 is 0. The Morgan fingerprint density at radius 3 is 2.87 bits per heavy atom. The molecule has 2 fully saturated rings. The lowest BCUT2D eigenvalue weighted by Gasteiger charge is -2.30. The molecule has 1 aliphatic carbocycles. The average molecular weight is 312 g/mol. The molecule has 2 atom stereocenters. The number of ether oxygens (including phenoxy) is 1. The minimum atomic E-state index is -0.253. The third-order valence-corrected chi connectivity index (χ3v) is 4.79. The second kappa shape index (κ2) is 5.81. The summed E-state index contributed by atoms with van der Waals surface area (Å²) in [6.07, 6.45) is 4.46. The second-order valence-corrected chi connectivity index (χ2v) is 6.53. The van der Waals surface area contributed by atoms with E-state index in [1.807, 2.05) is 24.3 Å². The van der Waals surface area contributed by atoms with E-state index < -0.39 is 0 Å². The lowest BCUT2D eigenvalue weighted by atomic mass is 9.99. The van der Waals surface area contributed by atoms with Crippen LogP contribution in [0.15, 0.2) is 35.1 Å². The quantitative estimate of drug-likeness (QED) is 0.913. The van der Waals surface area contributed by atoms with Gasteiger partial charge < -0.3 is 15.0 Å².